The molecular weight excluding hydrogens is 431 g/mol. The van der Waals surface area contributed by atoms with Gasteiger partial charge < -0.3 is 16.0 Å². The first kappa shape index (κ1) is 25.4. The van der Waals surface area contributed by atoms with E-state index < -0.39 is 5.41 Å². The number of anilines is 1. The zero-order valence-electron chi connectivity index (χ0n) is 16.8. The quantitative estimate of drug-likeness (QED) is 0.639. The molecule has 0 radical (unpaired) electrons. The summed E-state index contributed by atoms with van der Waals surface area (Å²) in [5.74, 6) is -0.159. The van der Waals surface area contributed by atoms with Gasteiger partial charge in [-0.05, 0) is 24.1 Å². The van der Waals surface area contributed by atoms with Crippen LogP contribution in [0.1, 0.15) is 43.6 Å². The predicted octanol–water partition coefficient (Wildman–Crippen LogP) is 3.52. The second-order valence-electron chi connectivity index (χ2n) is 7.78. The summed E-state index contributed by atoms with van der Waals surface area (Å²) in [6.45, 7) is 7.01. The van der Waals surface area contributed by atoms with Crippen molar-refractivity contribution < 1.29 is 9.59 Å². The second kappa shape index (κ2) is 10.9. The van der Waals surface area contributed by atoms with Crippen molar-refractivity contribution >= 4 is 53.1 Å². The second-order valence-corrected chi connectivity index (χ2v) is 8.64. The van der Waals surface area contributed by atoms with Crippen molar-refractivity contribution in [2.24, 2.45) is 5.41 Å². The molecule has 1 aromatic heterocycles. The average molecular weight is 459 g/mol. The standard InChI is InChI=1S/C20H26N4O2S.2ClH/c1-20(2,3)18(26)24-19-23-14(12-27-19)10-17(25)22-11-16-15-7-5-4-6-13(15)8-9-21-16;;/h4-7,12,16,21H,8-11H2,1-3H3,(H,22,25)(H,23,24,26);2*1H. The molecule has 3 N–H and O–H groups in total. The number of benzene rings is 1. The van der Waals surface area contributed by atoms with Crippen LogP contribution >= 0.6 is 36.2 Å². The van der Waals surface area contributed by atoms with E-state index in [0.29, 0.717) is 17.4 Å². The molecular formula is C20H28Cl2N4O2S. The van der Waals surface area contributed by atoms with Gasteiger partial charge in [0.05, 0.1) is 12.1 Å². The zero-order chi connectivity index (χ0) is 19.4. The number of carbonyl (C=O) groups excluding carboxylic acids is 2. The summed E-state index contributed by atoms with van der Waals surface area (Å²) in [7, 11) is 0. The van der Waals surface area contributed by atoms with E-state index in [1.165, 1.54) is 22.5 Å². The highest BCUT2D eigenvalue weighted by atomic mass is 35.5. The lowest BCUT2D eigenvalue weighted by Crippen LogP contribution is -2.39. The Bertz CT molecular complexity index is 836. The van der Waals surface area contributed by atoms with Crippen LogP contribution in [-0.2, 0) is 22.4 Å². The third-order valence-electron chi connectivity index (χ3n) is 4.51. The monoisotopic (exact) mass is 458 g/mol. The Balaban J connectivity index is 0.00000210. The number of nitrogens with one attached hydrogen (secondary N) is 3. The number of thiazole rings is 1. The Morgan fingerprint density at radius 2 is 1.97 bits per heavy atom. The van der Waals surface area contributed by atoms with Gasteiger partial charge in [-0.1, -0.05) is 45.0 Å². The molecule has 0 saturated carbocycles. The molecule has 6 nitrogen and oxygen atoms in total. The number of halogens is 2. The van der Waals surface area contributed by atoms with E-state index in [9.17, 15) is 9.59 Å². The van der Waals surface area contributed by atoms with Gasteiger partial charge in [0.2, 0.25) is 11.8 Å². The number of carbonyl (C=O) groups is 2. The summed E-state index contributed by atoms with van der Waals surface area (Å²) in [5, 5.41) is 11.6. The molecule has 2 aromatic rings. The molecule has 9 heteroatoms. The third-order valence-corrected chi connectivity index (χ3v) is 5.32. The summed E-state index contributed by atoms with van der Waals surface area (Å²) >= 11 is 1.34. The molecule has 3 rings (SSSR count). The fourth-order valence-electron chi connectivity index (χ4n) is 2.95. The largest absolute Gasteiger partial charge is 0.354 e. The number of rotatable bonds is 5. The fraction of sp³-hybridized carbons (Fsp3) is 0.450. The first-order chi connectivity index (χ1) is 12.8. The Hall–Kier alpha value is -1.67. The van der Waals surface area contributed by atoms with E-state index in [4.69, 9.17) is 0 Å². The van der Waals surface area contributed by atoms with Crippen LogP contribution in [0.25, 0.3) is 0 Å². The lowest BCUT2D eigenvalue weighted by Gasteiger charge is -2.27. The summed E-state index contributed by atoms with van der Waals surface area (Å²) in [4.78, 5) is 28.7. The Morgan fingerprint density at radius 3 is 2.69 bits per heavy atom. The minimum atomic E-state index is -0.480. The summed E-state index contributed by atoms with van der Waals surface area (Å²) in [6.07, 6.45) is 1.22. The molecule has 0 saturated heterocycles. The van der Waals surface area contributed by atoms with Crippen LogP contribution in [0, 0.1) is 5.41 Å². The third kappa shape index (κ3) is 6.96. The van der Waals surface area contributed by atoms with Crippen molar-refractivity contribution in [3.8, 4) is 0 Å². The van der Waals surface area contributed by atoms with Gasteiger partial charge in [0.1, 0.15) is 0 Å². The van der Waals surface area contributed by atoms with E-state index in [1.54, 1.807) is 0 Å². The van der Waals surface area contributed by atoms with Gasteiger partial charge in [-0.2, -0.15) is 0 Å². The number of aromatic nitrogens is 1. The van der Waals surface area contributed by atoms with E-state index in [0.717, 1.165) is 13.0 Å². The van der Waals surface area contributed by atoms with E-state index in [1.807, 2.05) is 32.2 Å². The van der Waals surface area contributed by atoms with E-state index >= 15 is 0 Å². The van der Waals surface area contributed by atoms with Gasteiger partial charge in [-0.25, -0.2) is 4.98 Å². The van der Waals surface area contributed by atoms with Crippen LogP contribution in [0.4, 0.5) is 5.13 Å². The molecule has 2 heterocycles. The molecule has 1 unspecified atom stereocenters. The average Bonchev–Trinajstić information content (AvgIpc) is 3.06. The van der Waals surface area contributed by atoms with E-state index in [2.05, 4.69) is 39.1 Å². The zero-order valence-corrected chi connectivity index (χ0v) is 19.2. The van der Waals surface area contributed by atoms with Crippen molar-refractivity contribution in [2.75, 3.05) is 18.4 Å². The smallest absolute Gasteiger partial charge is 0.231 e. The maximum Gasteiger partial charge on any atom is 0.231 e. The molecule has 0 aliphatic carbocycles. The van der Waals surface area contributed by atoms with Crippen LogP contribution in [0.3, 0.4) is 0 Å². The number of hydrogen-bond donors (Lipinski definition) is 3. The van der Waals surface area contributed by atoms with E-state index in [-0.39, 0.29) is 49.1 Å². The van der Waals surface area contributed by atoms with Crippen molar-refractivity contribution in [1.29, 1.82) is 0 Å². The van der Waals surface area contributed by atoms with Crippen molar-refractivity contribution in [2.45, 2.75) is 39.7 Å². The molecule has 1 aliphatic rings. The molecule has 0 spiro atoms. The van der Waals surface area contributed by atoms with Crippen LogP contribution < -0.4 is 16.0 Å². The van der Waals surface area contributed by atoms with Gasteiger partial charge in [-0.15, -0.1) is 36.2 Å². The lowest BCUT2D eigenvalue weighted by molar-refractivity contribution is -0.123. The first-order valence-corrected chi connectivity index (χ1v) is 10.0. The molecule has 29 heavy (non-hydrogen) atoms. The SMILES string of the molecule is CC(C)(C)C(=O)Nc1nc(CC(=O)NCC2NCCc3ccccc32)cs1.Cl.Cl. The highest BCUT2D eigenvalue weighted by Crippen LogP contribution is 2.22. The summed E-state index contributed by atoms with van der Waals surface area (Å²) in [5.41, 5.74) is 2.78. The fourth-order valence-corrected chi connectivity index (χ4v) is 3.65. The van der Waals surface area contributed by atoms with Crippen LogP contribution in [0.15, 0.2) is 29.6 Å². The van der Waals surface area contributed by atoms with Gasteiger partial charge >= 0.3 is 0 Å². The lowest BCUT2D eigenvalue weighted by atomic mass is 9.94. The van der Waals surface area contributed by atoms with Gasteiger partial charge in [-0.3, -0.25) is 9.59 Å². The number of fused-ring (bicyclic) bond motifs is 1. The predicted molar refractivity (Wildman–Crippen MR) is 122 cm³/mol. The number of nitrogens with zero attached hydrogens (tertiary/aromatic N) is 1. The molecule has 2 amide bonds. The molecule has 1 aliphatic heterocycles. The molecule has 160 valence electrons. The normalized spacial score (nSPS) is 15.3. The summed E-state index contributed by atoms with van der Waals surface area (Å²) < 4.78 is 0. The topological polar surface area (TPSA) is 83.1 Å². The highest BCUT2D eigenvalue weighted by Gasteiger charge is 2.23. The molecule has 1 aromatic carbocycles. The molecule has 0 fully saturated rings. The van der Waals surface area contributed by atoms with Crippen LogP contribution in [0.5, 0.6) is 0 Å². The van der Waals surface area contributed by atoms with Gasteiger partial charge in [0, 0.05) is 23.4 Å². The Kier molecular flexibility index (Phi) is 9.55. The Labute approximate surface area is 188 Å². The molecule has 1 atom stereocenters. The number of amides is 2. The number of hydrogen-bond acceptors (Lipinski definition) is 5. The van der Waals surface area contributed by atoms with Crippen LogP contribution in [-0.4, -0.2) is 29.9 Å². The van der Waals surface area contributed by atoms with Gasteiger partial charge in [0.15, 0.2) is 5.13 Å². The molecule has 0 bridgehead atoms. The maximum atomic E-state index is 12.3. The van der Waals surface area contributed by atoms with Gasteiger partial charge in [0.25, 0.3) is 0 Å². The van der Waals surface area contributed by atoms with Crippen molar-refractivity contribution in [3.63, 3.8) is 0 Å². The minimum absolute atomic E-state index is 0. The highest BCUT2D eigenvalue weighted by molar-refractivity contribution is 7.13. The van der Waals surface area contributed by atoms with Crippen molar-refractivity contribution in [3.05, 3.63) is 46.5 Å². The Morgan fingerprint density at radius 1 is 1.24 bits per heavy atom. The summed E-state index contributed by atoms with van der Waals surface area (Å²) in [6, 6.07) is 8.48. The van der Waals surface area contributed by atoms with Crippen LogP contribution in [0.2, 0.25) is 0 Å². The van der Waals surface area contributed by atoms with Crippen molar-refractivity contribution in [1.82, 2.24) is 15.6 Å². The first-order valence-electron chi connectivity index (χ1n) is 9.16. The maximum absolute atomic E-state index is 12.3. The minimum Gasteiger partial charge on any atom is -0.354 e.